The molecule has 0 spiro atoms. The first-order valence-corrected chi connectivity index (χ1v) is 4.98. The predicted octanol–water partition coefficient (Wildman–Crippen LogP) is 3.67. The Bertz CT molecular complexity index is 306. The van der Waals surface area contributed by atoms with Gasteiger partial charge in [0.25, 0.3) is 0 Å². The van der Waals surface area contributed by atoms with Crippen molar-refractivity contribution < 1.29 is 0 Å². The lowest BCUT2D eigenvalue weighted by Gasteiger charge is -2.33. The van der Waals surface area contributed by atoms with Gasteiger partial charge in [-0.15, -0.1) is 6.58 Å². The van der Waals surface area contributed by atoms with E-state index >= 15 is 0 Å². The van der Waals surface area contributed by atoms with Crippen molar-refractivity contribution in [2.45, 2.75) is 25.7 Å². The molecule has 2 rings (SSSR count). The van der Waals surface area contributed by atoms with Crippen molar-refractivity contribution in [3.63, 3.8) is 0 Å². The van der Waals surface area contributed by atoms with Crippen LogP contribution in [0.25, 0.3) is 0 Å². The summed E-state index contributed by atoms with van der Waals surface area (Å²) < 4.78 is 0. The summed E-state index contributed by atoms with van der Waals surface area (Å²) in [7, 11) is 0. The van der Waals surface area contributed by atoms with Crippen molar-refractivity contribution in [2.24, 2.45) is 5.92 Å². The molecule has 0 heteroatoms. The van der Waals surface area contributed by atoms with Gasteiger partial charge in [0.05, 0.1) is 0 Å². The summed E-state index contributed by atoms with van der Waals surface area (Å²) in [4.78, 5) is 0. The van der Waals surface area contributed by atoms with Crippen molar-refractivity contribution in [1.29, 1.82) is 0 Å². The minimum Gasteiger partial charge on any atom is -0.103 e. The summed E-state index contributed by atoms with van der Waals surface area (Å²) >= 11 is 0. The van der Waals surface area contributed by atoms with Gasteiger partial charge in [-0.25, -0.2) is 0 Å². The van der Waals surface area contributed by atoms with Gasteiger partial charge in [-0.2, -0.15) is 0 Å². The van der Waals surface area contributed by atoms with Crippen molar-refractivity contribution >= 4 is 0 Å². The fourth-order valence-electron chi connectivity index (χ4n) is 2.05. The van der Waals surface area contributed by atoms with Crippen LogP contribution in [0.1, 0.15) is 29.9 Å². The molecule has 0 atom stereocenters. The van der Waals surface area contributed by atoms with Gasteiger partial charge in [0.1, 0.15) is 0 Å². The lowest BCUT2D eigenvalue weighted by atomic mass is 9.71. The van der Waals surface area contributed by atoms with Crippen LogP contribution in [0.4, 0.5) is 0 Å². The Morgan fingerprint density at radius 3 is 2.77 bits per heavy atom. The van der Waals surface area contributed by atoms with E-state index in [2.05, 4.69) is 43.8 Å². The molecular weight excluding hydrogens is 156 g/mol. The third kappa shape index (κ3) is 1.67. The van der Waals surface area contributed by atoms with Crippen LogP contribution in [0, 0.1) is 12.8 Å². The molecule has 0 aromatic heterocycles. The number of rotatable bonds is 2. The van der Waals surface area contributed by atoms with Gasteiger partial charge in [-0.1, -0.05) is 35.9 Å². The van der Waals surface area contributed by atoms with Gasteiger partial charge >= 0.3 is 0 Å². The first kappa shape index (κ1) is 8.55. The third-order valence-electron chi connectivity index (χ3n) is 3.02. The van der Waals surface area contributed by atoms with E-state index in [0.717, 1.165) is 11.8 Å². The van der Waals surface area contributed by atoms with Crippen molar-refractivity contribution in [3.05, 3.63) is 48.0 Å². The quantitative estimate of drug-likeness (QED) is 0.597. The van der Waals surface area contributed by atoms with E-state index in [0.29, 0.717) is 0 Å². The highest BCUT2D eigenvalue weighted by Gasteiger charge is 2.27. The first-order chi connectivity index (χ1) is 6.29. The summed E-state index contributed by atoms with van der Waals surface area (Å²) in [5, 5.41) is 0. The fraction of sp³-hybridized carbons (Fsp3) is 0.385. The van der Waals surface area contributed by atoms with Gasteiger partial charge < -0.3 is 0 Å². The van der Waals surface area contributed by atoms with Gasteiger partial charge in [-0.05, 0) is 37.2 Å². The second-order valence-corrected chi connectivity index (χ2v) is 4.08. The maximum atomic E-state index is 3.83. The van der Waals surface area contributed by atoms with Crippen LogP contribution in [0.3, 0.4) is 0 Å². The zero-order valence-electron chi connectivity index (χ0n) is 8.16. The van der Waals surface area contributed by atoms with E-state index in [1.807, 2.05) is 0 Å². The molecule has 1 aromatic rings. The number of hydrogen-bond acceptors (Lipinski definition) is 0. The SMILES string of the molecule is C=CC1CC(c2cccc(C)c2)C1. The van der Waals surface area contributed by atoms with Crippen LogP contribution < -0.4 is 0 Å². The molecule has 1 aliphatic rings. The Labute approximate surface area is 80.3 Å². The van der Waals surface area contributed by atoms with Crippen molar-refractivity contribution in [1.82, 2.24) is 0 Å². The Morgan fingerprint density at radius 2 is 2.15 bits per heavy atom. The van der Waals surface area contributed by atoms with E-state index < -0.39 is 0 Å². The lowest BCUT2D eigenvalue weighted by molar-refractivity contribution is 0.323. The van der Waals surface area contributed by atoms with Crippen molar-refractivity contribution in [2.75, 3.05) is 0 Å². The zero-order chi connectivity index (χ0) is 9.26. The van der Waals surface area contributed by atoms with Crippen LogP contribution in [0.15, 0.2) is 36.9 Å². The highest BCUT2D eigenvalue weighted by Crippen LogP contribution is 2.42. The first-order valence-electron chi connectivity index (χ1n) is 4.98. The summed E-state index contributed by atoms with van der Waals surface area (Å²) in [6.07, 6.45) is 4.69. The summed E-state index contributed by atoms with van der Waals surface area (Å²) in [5.41, 5.74) is 2.89. The molecule has 1 aromatic carbocycles. The van der Waals surface area contributed by atoms with Gasteiger partial charge in [-0.3, -0.25) is 0 Å². The Kier molecular flexibility index (Phi) is 2.22. The largest absolute Gasteiger partial charge is 0.103 e. The maximum absolute atomic E-state index is 3.83. The molecule has 0 bridgehead atoms. The Morgan fingerprint density at radius 1 is 1.38 bits per heavy atom. The topological polar surface area (TPSA) is 0 Å². The molecule has 0 nitrogen and oxygen atoms in total. The molecule has 1 aliphatic carbocycles. The molecule has 0 unspecified atom stereocenters. The standard InChI is InChI=1S/C13H16/c1-3-11-8-13(9-11)12-6-4-5-10(2)7-12/h3-7,11,13H,1,8-9H2,2H3. The second kappa shape index (κ2) is 3.37. The summed E-state index contributed by atoms with van der Waals surface area (Å²) in [5.74, 6) is 1.56. The minimum absolute atomic E-state index is 0.769. The van der Waals surface area contributed by atoms with Crippen LogP contribution >= 0.6 is 0 Å². The third-order valence-corrected chi connectivity index (χ3v) is 3.02. The molecule has 0 heterocycles. The molecule has 0 saturated heterocycles. The van der Waals surface area contributed by atoms with Crippen LogP contribution in [0.2, 0.25) is 0 Å². The smallest absolute Gasteiger partial charge is 0.0151 e. The van der Waals surface area contributed by atoms with Crippen LogP contribution in [0.5, 0.6) is 0 Å². The Balaban J connectivity index is 2.07. The van der Waals surface area contributed by atoms with E-state index in [9.17, 15) is 0 Å². The van der Waals surface area contributed by atoms with E-state index in [-0.39, 0.29) is 0 Å². The molecule has 0 N–H and O–H groups in total. The molecule has 1 saturated carbocycles. The zero-order valence-corrected chi connectivity index (χ0v) is 8.16. The molecule has 1 fully saturated rings. The van der Waals surface area contributed by atoms with Crippen LogP contribution in [-0.4, -0.2) is 0 Å². The number of allylic oxidation sites excluding steroid dienone is 1. The lowest BCUT2D eigenvalue weighted by Crippen LogP contribution is -2.19. The molecule has 0 radical (unpaired) electrons. The minimum atomic E-state index is 0.769. The highest BCUT2D eigenvalue weighted by molar-refractivity contribution is 5.27. The highest BCUT2D eigenvalue weighted by atomic mass is 14.3. The number of aryl methyl sites for hydroxylation is 1. The molecule has 0 aliphatic heterocycles. The fourth-order valence-corrected chi connectivity index (χ4v) is 2.05. The second-order valence-electron chi connectivity index (χ2n) is 4.08. The van der Waals surface area contributed by atoms with Gasteiger partial charge in [0, 0.05) is 0 Å². The Hall–Kier alpha value is -1.04. The van der Waals surface area contributed by atoms with E-state index in [1.165, 1.54) is 24.0 Å². The van der Waals surface area contributed by atoms with E-state index in [1.54, 1.807) is 0 Å². The van der Waals surface area contributed by atoms with Gasteiger partial charge in [0.15, 0.2) is 0 Å². The van der Waals surface area contributed by atoms with Crippen LogP contribution in [-0.2, 0) is 0 Å². The van der Waals surface area contributed by atoms with Gasteiger partial charge in [0.2, 0.25) is 0 Å². The number of benzene rings is 1. The summed E-state index contributed by atoms with van der Waals surface area (Å²) in [6.45, 7) is 5.99. The van der Waals surface area contributed by atoms with Crippen molar-refractivity contribution in [3.8, 4) is 0 Å². The average molecular weight is 172 g/mol. The number of hydrogen-bond donors (Lipinski definition) is 0. The average Bonchev–Trinajstić information content (AvgIpc) is 2.02. The summed E-state index contributed by atoms with van der Waals surface area (Å²) in [6, 6.07) is 8.88. The molecular formula is C13H16. The molecule has 0 amide bonds. The maximum Gasteiger partial charge on any atom is -0.0151 e. The predicted molar refractivity (Wildman–Crippen MR) is 56.8 cm³/mol. The molecule has 13 heavy (non-hydrogen) atoms. The monoisotopic (exact) mass is 172 g/mol. The normalized spacial score (nSPS) is 26.5. The van der Waals surface area contributed by atoms with E-state index in [4.69, 9.17) is 0 Å². The molecule has 68 valence electrons.